The third kappa shape index (κ3) is 5.80. The van der Waals surface area contributed by atoms with E-state index < -0.39 is 0 Å². The summed E-state index contributed by atoms with van der Waals surface area (Å²) in [5.41, 5.74) is 0. The molecule has 2 aliphatic rings. The van der Waals surface area contributed by atoms with Gasteiger partial charge in [-0.05, 0) is 31.6 Å². The Morgan fingerprint density at radius 2 is 1.85 bits per heavy atom. The predicted molar refractivity (Wildman–Crippen MR) is 81.7 cm³/mol. The molecule has 114 valence electrons. The summed E-state index contributed by atoms with van der Waals surface area (Å²) in [7, 11) is 1.77. The molecule has 5 nitrogen and oxygen atoms in total. The molecule has 0 unspecified atom stereocenters. The Bertz CT molecular complexity index is 333. The van der Waals surface area contributed by atoms with Crippen LogP contribution in [0.1, 0.15) is 51.4 Å². The van der Waals surface area contributed by atoms with Gasteiger partial charge in [0.25, 0.3) is 0 Å². The van der Waals surface area contributed by atoms with E-state index >= 15 is 0 Å². The summed E-state index contributed by atoms with van der Waals surface area (Å²) in [5, 5.41) is 9.62. The summed E-state index contributed by atoms with van der Waals surface area (Å²) in [4.78, 5) is 16.0. The Balaban J connectivity index is 1.54. The molecule has 2 rings (SSSR count). The number of carbonyl (C=O) groups is 1. The number of nitrogens with one attached hydrogen (secondary N) is 3. The monoisotopic (exact) mass is 280 g/mol. The van der Waals surface area contributed by atoms with Crippen LogP contribution in [-0.2, 0) is 4.79 Å². The van der Waals surface area contributed by atoms with Gasteiger partial charge in [0.1, 0.15) is 0 Å². The molecule has 2 fully saturated rings. The van der Waals surface area contributed by atoms with Gasteiger partial charge in [0, 0.05) is 32.6 Å². The minimum Gasteiger partial charge on any atom is -0.356 e. The Morgan fingerprint density at radius 1 is 1.10 bits per heavy atom. The maximum absolute atomic E-state index is 11.8. The van der Waals surface area contributed by atoms with E-state index in [1.807, 2.05) is 0 Å². The zero-order valence-corrected chi connectivity index (χ0v) is 12.6. The molecule has 20 heavy (non-hydrogen) atoms. The number of nitrogens with zero attached hydrogens (tertiary/aromatic N) is 1. The minimum absolute atomic E-state index is 0.155. The van der Waals surface area contributed by atoms with E-state index in [0.29, 0.717) is 19.0 Å². The maximum Gasteiger partial charge on any atom is 0.221 e. The molecule has 2 aliphatic carbocycles. The van der Waals surface area contributed by atoms with Crippen molar-refractivity contribution in [3.8, 4) is 0 Å². The third-order valence-electron chi connectivity index (χ3n) is 4.09. The number of hydrogen-bond acceptors (Lipinski definition) is 2. The first kappa shape index (κ1) is 15.1. The molecule has 0 aromatic heterocycles. The Kier molecular flexibility index (Phi) is 6.15. The first-order chi connectivity index (χ1) is 9.78. The van der Waals surface area contributed by atoms with Gasteiger partial charge in [-0.15, -0.1) is 0 Å². The highest BCUT2D eigenvalue weighted by atomic mass is 16.1. The molecule has 0 aliphatic heterocycles. The van der Waals surface area contributed by atoms with Gasteiger partial charge in [-0.3, -0.25) is 9.79 Å². The summed E-state index contributed by atoms with van der Waals surface area (Å²) < 4.78 is 0. The van der Waals surface area contributed by atoms with Crippen molar-refractivity contribution in [2.45, 2.75) is 57.4 Å². The van der Waals surface area contributed by atoms with Gasteiger partial charge in [-0.25, -0.2) is 0 Å². The molecule has 0 atom stereocenters. The van der Waals surface area contributed by atoms with Gasteiger partial charge in [-0.1, -0.05) is 19.3 Å². The lowest BCUT2D eigenvalue weighted by atomic mass is 9.95. The highest BCUT2D eigenvalue weighted by Crippen LogP contribution is 2.27. The van der Waals surface area contributed by atoms with Crippen molar-refractivity contribution < 1.29 is 4.79 Å². The van der Waals surface area contributed by atoms with Crippen molar-refractivity contribution in [2.75, 3.05) is 20.1 Å². The molecule has 0 aromatic carbocycles. The van der Waals surface area contributed by atoms with Gasteiger partial charge in [0.05, 0.1) is 0 Å². The largest absolute Gasteiger partial charge is 0.356 e. The SMILES string of the molecule is CN=C(NCCC(=O)NC1CCCCC1)NCC1CC1. The van der Waals surface area contributed by atoms with Crippen molar-refractivity contribution in [3.63, 3.8) is 0 Å². The predicted octanol–water partition coefficient (Wildman–Crippen LogP) is 1.40. The average Bonchev–Trinajstić information content (AvgIpc) is 3.28. The molecule has 0 spiro atoms. The van der Waals surface area contributed by atoms with E-state index in [9.17, 15) is 4.79 Å². The lowest BCUT2D eigenvalue weighted by Gasteiger charge is -2.22. The Labute approximate surface area is 122 Å². The number of hydrogen-bond donors (Lipinski definition) is 3. The second-order valence-corrected chi connectivity index (χ2v) is 5.98. The molecule has 5 heteroatoms. The quantitative estimate of drug-likeness (QED) is 0.509. The number of aliphatic imine (C=N–C) groups is 1. The van der Waals surface area contributed by atoms with Crippen LogP contribution in [0.5, 0.6) is 0 Å². The number of rotatable bonds is 6. The van der Waals surface area contributed by atoms with E-state index in [1.165, 1.54) is 32.1 Å². The van der Waals surface area contributed by atoms with Crippen molar-refractivity contribution in [3.05, 3.63) is 0 Å². The van der Waals surface area contributed by atoms with Gasteiger partial charge >= 0.3 is 0 Å². The zero-order valence-electron chi connectivity index (χ0n) is 12.6. The van der Waals surface area contributed by atoms with E-state index in [2.05, 4.69) is 20.9 Å². The lowest BCUT2D eigenvalue weighted by Crippen LogP contribution is -2.41. The van der Waals surface area contributed by atoms with Crippen LogP contribution in [0.4, 0.5) is 0 Å². The Hall–Kier alpha value is -1.26. The first-order valence-corrected chi connectivity index (χ1v) is 8.02. The molecule has 0 aromatic rings. The Morgan fingerprint density at radius 3 is 2.50 bits per heavy atom. The van der Waals surface area contributed by atoms with Crippen LogP contribution in [0.3, 0.4) is 0 Å². The average molecular weight is 280 g/mol. The van der Waals surface area contributed by atoms with Crippen LogP contribution < -0.4 is 16.0 Å². The second kappa shape index (κ2) is 8.12. The summed E-state index contributed by atoms with van der Waals surface area (Å²) in [6.07, 6.45) is 9.27. The van der Waals surface area contributed by atoms with Crippen LogP contribution in [0.25, 0.3) is 0 Å². The van der Waals surface area contributed by atoms with Gasteiger partial charge in [-0.2, -0.15) is 0 Å². The summed E-state index contributed by atoms with van der Waals surface area (Å²) in [6.45, 7) is 1.64. The number of guanidine groups is 1. The molecule has 0 heterocycles. The summed E-state index contributed by atoms with van der Waals surface area (Å²) in [5.74, 6) is 1.78. The summed E-state index contributed by atoms with van der Waals surface area (Å²) >= 11 is 0. The molecular formula is C15H28N4O. The van der Waals surface area contributed by atoms with Crippen LogP contribution in [-0.4, -0.2) is 38.0 Å². The third-order valence-corrected chi connectivity index (χ3v) is 4.09. The van der Waals surface area contributed by atoms with Gasteiger partial charge in [0.2, 0.25) is 5.91 Å². The lowest BCUT2D eigenvalue weighted by molar-refractivity contribution is -0.121. The molecular weight excluding hydrogens is 252 g/mol. The van der Waals surface area contributed by atoms with E-state index in [4.69, 9.17) is 0 Å². The topological polar surface area (TPSA) is 65.5 Å². The van der Waals surface area contributed by atoms with Crippen LogP contribution in [0, 0.1) is 5.92 Å². The standard InChI is InChI=1S/C15H28N4O/c1-16-15(18-11-12-7-8-12)17-10-9-14(20)19-13-5-3-2-4-6-13/h12-13H,2-11H2,1H3,(H,19,20)(H2,16,17,18). The summed E-state index contributed by atoms with van der Waals surface area (Å²) in [6, 6.07) is 0.406. The molecule has 0 saturated heterocycles. The van der Waals surface area contributed by atoms with Crippen molar-refractivity contribution in [1.82, 2.24) is 16.0 Å². The first-order valence-electron chi connectivity index (χ1n) is 8.02. The molecule has 1 amide bonds. The zero-order chi connectivity index (χ0) is 14.2. The van der Waals surface area contributed by atoms with Gasteiger partial charge < -0.3 is 16.0 Å². The minimum atomic E-state index is 0.155. The van der Waals surface area contributed by atoms with E-state index in [-0.39, 0.29) is 5.91 Å². The van der Waals surface area contributed by atoms with E-state index in [1.54, 1.807) is 7.05 Å². The molecule has 3 N–H and O–H groups in total. The number of amides is 1. The van der Waals surface area contributed by atoms with Crippen LogP contribution >= 0.6 is 0 Å². The normalized spacial score (nSPS) is 20.6. The maximum atomic E-state index is 11.8. The van der Waals surface area contributed by atoms with Crippen molar-refractivity contribution in [1.29, 1.82) is 0 Å². The highest BCUT2D eigenvalue weighted by Gasteiger charge is 2.21. The molecule has 0 bridgehead atoms. The molecule has 2 saturated carbocycles. The fraction of sp³-hybridized carbons (Fsp3) is 0.867. The van der Waals surface area contributed by atoms with Crippen molar-refractivity contribution >= 4 is 11.9 Å². The molecule has 0 radical (unpaired) electrons. The second-order valence-electron chi connectivity index (χ2n) is 5.98. The highest BCUT2D eigenvalue weighted by molar-refractivity contribution is 5.81. The van der Waals surface area contributed by atoms with Gasteiger partial charge in [0.15, 0.2) is 5.96 Å². The number of carbonyl (C=O) groups excluding carboxylic acids is 1. The van der Waals surface area contributed by atoms with Crippen molar-refractivity contribution in [2.24, 2.45) is 10.9 Å². The smallest absolute Gasteiger partial charge is 0.221 e. The van der Waals surface area contributed by atoms with E-state index in [0.717, 1.165) is 31.3 Å². The van der Waals surface area contributed by atoms with Crippen LogP contribution in [0.2, 0.25) is 0 Å². The fourth-order valence-electron chi connectivity index (χ4n) is 2.62. The fourth-order valence-corrected chi connectivity index (χ4v) is 2.62. The van der Waals surface area contributed by atoms with Crippen LogP contribution in [0.15, 0.2) is 4.99 Å².